The zero-order chi connectivity index (χ0) is 23.3. The second kappa shape index (κ2) is 8.58. The summed E-state index contributed by atoms with van der Waals surface area (Å²) >= 11 is 0. The van der Waals surface area contributed by atoms with Crippen molar-refractivity contribution in [1.29, 1.82) is 0 Å². The summed E-state index contributed by atoms with van der Waals surface area (Å²) in [6.45, 7) is 1.89. The van der Waals surface area contributed by atoms with Gasteiger partial charge in [-0.25, -0.2) is 15.0 Å². The second-order valence-corrected chi connectivity index (χ2v) is 11.8. The van der Waals surface area contributed by atoms with Gasteiger partial charge in [0.2, 0.25) is 5.95 Å². The fourth-order valence-electron chi connectivity index (χ4n) is 6.07. The number of terminal acetylenes is 1. The average molecular weight is 479 g/mol. The van der Waals surface area contributed by atoms with Crippen LogP contribution in [-0.2, 0) is 17.2 Å². The summed E-state index contributed by atoms with van der Waals surface area (Å²) in [5.41, 5.74) is 1.28. The molecule has 2 unspecified atom stereocenters. The molecule has 2 aliphatic heterocycles. The van der Waals surface area contributed by atoms with E-state index in [9.17, 15) is 9.32 Å². The standard InChI is InChI=1S/C25H30N6O2S/c1-2-16-11-26-22(27-12-16)17-9-18-13-31(14-19(18)10-17)24-28-20-5-3-8-34(33)21(20)23(29-24)30-25(15-32)6-4-7-25/h1,11-12,17-19,32H,3-10,13-15H2,(H,28,29,30)/t17?,18?,19?,34-/m0/s1. The van der Waals surface area contributed by atoms with Crippen LogP contribution in [0.2, 0.25) is 0 Å². The molecule has 2 N–H and O–H groups in total. The molecule has 2 aromatic heterocycles. The summed E-state index contributed by atoms with van der Waals surface area (Å²) in [5, 5.41) is 13.5. The summed E-state index contributed by atoms with van der Waals surface area (Å²) in [5.74, 6) is 7.01. The van der Waals surface area contributed by atoms with E-state index in [1.54, 1.807) is 12.4 Å². The molecule has 8 nitrogen and oxygen atoms in total. The number of nitrogens with one attached hydrogen (secondary N) is 1. The lowest BCUT2D eigenvalue weighted by molar-refractivity contribution is 0.143. The van der Waals surface area contributed by atoms with Crippen LogP contribution in [0.1, 0.15) is 61.5 Å². The van der Waals surface area contributed by atoms with E-state index in [0.29, 0.717) is 34.9 Å². The zero-order valence-electron chi connectivity index (χ0n) is 19.2. The molecule has 4 aliphatic rings. The summed E-state index contributed by atoms with van der Waals surface area (Å²) in [7, 11) is -1.10. The van der Waals surface area contributed by atoms with Gasteiger partial charge in [0.25, 0.3) is 0 Å². The van der Waals surface area contributed by atoms with E-state index in [2.05, 4.69) is 26.1 Å². The number of nitrogens with zero attached hydrogens (tertiary/aromatic N) is 5. The van der Waals surface area contributed by atoms with Crippen molar-refractivity contribution in [3.8, 4) is 12.3 Å². The molecule has 6 rings (SSSR count). The van der Waals surface area contributed by atoms with Crippen molar-refractivity contribution < 1.29 is 9.32 Å². The van der Waals surface area contributed by atoms with Crippen LogP contribution in [0, 0.1) is 24.2 Å². The summed E-state index contributed by atoms with van der Waals surface area (Å²) in [6.07, 6.45) is 15.6. The van der Waals surface area contributed by atoms with Crippen LogP contribution in [0.3, 0.4) is 0 Å². The molecule has 0 spiro atoms. The maximum Gasteiger partial charge on any atom is 0.227 e. The van der Waals surface area contributed by atoms with Crippen molar-refractivity contribution in [3.63, 3.8) is 0 Å². The van der Waals surface area contributed by atoms with Gasteiger partial charge in [0, 0.05) is 37.2 Å². The van der Waals surface area contributed by atoms with Crippen molar-refractivity contribution >= 4 is 22.6 Å². The van der Waals surface area contributed by atoms with E-state index >= 15 is 0 Å². The Labute approximate surface area is 202 Å². The number of anilines is 2. The van der Waals surface area contributed by atoms with Gasteiger partial charge in [-0.2, -0.15) is 4.98 Å². The SMILES string of the molecule is C#Cc1cnc(C2CC3CN(c4nc5c(c(NC6(CO)CCC6)n4)[S@@](=O)CCC5)CC3C2)nc1. The molecule has 3 fully saturated rings. The van der Waals surface area contributed by atoms with Crippen molar-refractivity contribution in [2.45, 2.75) is 61.3 Å². The lowest BCUT2D eigenvalue weighted by Gasteiger charge is -2.42. The number of fused-ring (bicyclic) bond motifs is 2. The summed E-state index contributed by atoms with van der Waals surface area (Å²) in [4.78, 5) is 21.9. The van der Waals surface area contributed by atoms with Crippen LogP contribution < -0.4 is 10.2 Å². The largest absolute Gasteiger partial charge is 0.394 e. The molecule has 178 valence electrons. The topological polar surface area (TPSA) is 104 Å². The maximum absolute atomic E-state index is 12.9. The van der Waals surface area contributed by atoms with Crippen LogP contribution in [-0.4, -0.2) is 60.2 Å². The highest BCUT2D eigenvalue weighted by Crippen LogP contribution is 2.46. The van der Waals surface area contributed by atoms with Crippen LogP contribution in [0.5, 0.6) is 0 Å². The molecular formula is C25H30N6O2S. The first-order valence-corrected chi connectivity index (χ1v) is 13.6. The highest BCUT2D eigenvalue weighted by molar-refractivity contribution is 7.85. The minimum absolute atomic E-state index is 0.0629. The lowest BCUT2D eigenvalue weighted by Crippen LogP contribution is -2.49. The number of aryl methyl sites for hydroxylation is 1. The third-order valence-corrected chi connectivity index (χ3v) is 9.67. The molecule has 0 aromatic carbocycles. The Balaban J connectivity index is 1.22. The summed E-state index contributed by atoms with van der Waals surface area (Å²) in [6, 6.07) is 0. The predicted molar refractivity (Wildman–Crippen MR) is 130 cm³/mol. The van der Waals surface area contributed by atoms with Gasteiger partial charge in [-0.1, -0.05) is 5.92 Å². The normalized spacial score (nSPS) is 29.1. The number of aliphatic hydroxyl groups excluding tert-OH is 1. The molecule has 2 aliphatic carbocycles. The highest BCUT2D eigenvalue weighted by atomic mass is 32.2. The number of hydrogen-bond acceptors (Lipinski definition) is 8. The van der Waals surface area contributed by atoms with Crippen molar-refractivity contribution in [1.82, 2.24) is 19.9 Å². The Morgan fingerprint density at radius 3 is 2.53 bits per heavy atom. The third kappa shape index (κ3) is 3.77. The Morgan fingerprint density at radius 1 is 1.18 bits per heavy atom. The smallest absolute Gasteiger partial charge is 0.227 e. The molecular weight excluding hydrogens is 448 g/mol. The predicted octanol–water partition coefficient (Wildman–Crippen LogP) is 2.26. The lowest BCUT2D eigenvalue weighted by atomic mass is 9.77. The number of aromatic nitrogens is 4. The second-order valence-electron chi connectivity index (χ2n) is 10.3. The molecule has 0 amide bonds. The van der Waals surface area contributed by atoms with Gasteiger partial charge in [-0.3, -0.25) is 4.21 Å². The first-order chi connectivity index (χ1) is 16.6. The Kier molecular flexibility index (Phi) is 5.53. The van der Waals surface area contributed by atoms with Gasteiger partial charge in [0.15, 0.2) is 0 Å². The molecule has 0 bridgehead atoms. The highest BCUT2D eigenvalue weighted by Gasteiger charge is 2.44. The Hall–Kier alpha value is -2.57. The van der Waals surface area contributed by atoms with Crippen molar-refractivity contribution in [2.75, 3.05) is 35.7 Å². The van der Waals surface area contributed by atoms with Crippen LogP contribution in [0.15, 0.2) is 17.3 Å². The van der Waals surface area contributed by atoms with E-state index in [4.69, 9.17) is 16.4 Å². The maximum atomic E-state index is 12.9. The van der Waals surface area contributed by atoms with Gasteiger partial charge in [-0.05, 0) is 56.8 Å². The third-order valence-electron chi connectivity index (χ3n) is 8.13. The molecule has 34 heavy (non-hydrogen) atoms. The fraction of sp³-hybridized carbons (Fsp3) is 0.600. The van der Waals surface area contributed by atoms with Gasteiger partial charge in [-0.15, -0.1) is 6.42 Å². The van der Waals surface area contributed by atoms with E-state index in [0.717, 1.165) is 80.4 Å². The van der Waals surface area contributed by atoms with Gasteiger partial charge in [0.05, 0.1) is 34.2 Å². The van der Waals surface area contributed by atoms with Gasteiger partial charge >= 0.3 is 0 Å². The number of rotatable bonds is 5. The van der Waals surface area contributed by atoms with E-state index < -0.39 is 10.8 Å². The molecule has 1 saturated heterocycles. The zero-order valence-corrected chi connectivity index (χ0v) is 20.1. The van der Waals surface area contributed by atoms with E-state index in [1.165, 1.54) is 0 Å². The average Bonchev–Trinajstić information content (AvgIpc) is 3.41. The van der Waals surface area contributed by atoms with Crippen molar-refractivity contribution in [3.05, 3.63) is 29.5 Å². The molecule has 3 atom stereocenters. The summed E-state index contributed by atoms with van der Waals surface area (Å²) < 4.78 is 12.9. The minimum atomic E-state index is -1.10. The van der Waals surface area contributed by atoms with Gasteiger partial charge in [0.1, 0.15) is 16.5 Å². The molecule has 0 radical (unpaired) electrons. The van der Waals surface area contributed by atoms with E-state index in [1.807, 2.05) is 0 Å². The number of hydrogen-bond donors (Lipinski definition) is 2. The Morgan fingerprint density at radius 2 is 1.91 bits per heavy atom. The molecule has 9 heteroatoms. The quantitative estimate of drug-likeness (QED) is 0.631. The molecule has 2 aromatic rings. The van der Waals surface area contributed by atoms with E-state index in [-0.39, 0.29) is 12.1 Å². The fourth-order valence-corrected chi connectivity index (χ4v) is 7.40. The first kappa shape index (κ1) is 21.9. The minimum Gasteiger partial charge on any atom is -0.394 e. The van der Waals surface area contributed by atoms with Crippen LogP contribution >= 0.6 is 0 Å². The first-order valence-electron chi connectivity index (χ1n) is 12.3. The van der Waals surface area contributed by atoms with Crippen molar-refractivity contribution in [2.24, 2.45) is 11.8 Å². The van der Waals surface area contributed by atoms with Crippen LogP contribution in [0.4, 0.5) is 11.8 Å². The molecule has 4 heterocycles. The number of aliphatic hydroxyl groups is 1. The Bertz CT molecular complexity index is 1140. The van der Waals surface area contributed by atoms with Gasteiger partial charge < -0.3 is 15.3 Å². The molecule has 2 saturated carbocycles. The van der Waals surface area contributed by atoms with Crippen LogP contribution in [0.25, 0.3) is 0 Å². The monoisotopic (exact) mass is 478 g/mol.